The zero-order valence-electron chi connectivity index (χ0n) is 16.0. The van der Waals surface area contributed by atoms with E-state index in [-0.39, 0.29) is 35.7 Å². The normalized spacial score (nSPS) is 11.8. The van der Waals surface area contributed by atoms with Crippen molar-refractivity contribution in [2.45, 2.75) is 26.3 Å². The van der Waals surface area contributed by atoms with E-state index in [1.54, 1.807) is 31.3 Å². The highest BCUT2D eigenvalue weighted by atomic mass is 35.5. The number of aryl methyl sites for hydroxylation is 1. The Kier molecular flexibility index (Phi) is 5.48. The van der Waals surface area contributed by atoms with Gasteiger partial charge in [-0.3, -0.25) is 0 Å². The van der Waals surface area contributed by atoms with Crippen LogP contribution in [0.15, 0.2) is 42.7 Å². The fourth-order valence-electron chi connectivity index (χ4n) is 3.01. The number of ether oxygens (including phenoxy) is 1. The zero-order chi connectivity index (χ0) is 22.2. The van der Waals surface area contributed by atoms with E-state index < -0.39 is 17.7 Å². The maximum Gasteiger partial charge on any atom is 0.434 e. The van der Waals surface area contributed by atoms with Crippen molar-refractivity contribution in [3.63, 3.8) is 0 Å². The van der Waals surface area contributed by atoms with Gasteiger partial charge in [0, 0.05) is 18.9 Å². The van der Waals surface area contributed by atoms with E-state index in [0.717, 1.165) is 6.20 Å². The Balaban J connectivity index is 1.60. The molecule has 4 aromatic rings. The monoisotopic (exact) mass is 451 g/mol. The molecule has 0 N–H and O–H groups in total. The van der Waals surface area contributed by atoms with E-state index >= 15 is 0 Å². The van der Waals surface area contributed by atoms with Crippen molar-refractivity contribution in [2.24, 2.45) is 0 Å². The van der Waals surface area contributed by atoms with Crippen LogP contribution in [0, 0.1) is 5.82 Å². The Hall–Kier alpha value is -3.27. The van der Waals surface area contributed by atoms with Crippen LogP contribution in [0.2, 0.25) is 5.28 Å². The summed E-state index contributed by atoms with van der Waals surface area (Å²) in [5, 5.41) is 0.489. The molecule has 11 heteroatoms. The Bertz CT molecular complexity index is 1260. The maximum absolute atomic E-state index is 14.8. The Morgan fingerprint density at radius 2 is 1.94 bits per heavy atom. The number of rotatable bonds is 5. The topological polar surface area (TPSA) is 65.7 Å². The molecule has 0 bridgehead atoms. The molecule has 0 amide bonds. The van der Waals surface area contributed by atoms with Crippen molar-refractivity contribution in [3.05, 3.63) is 65.1 Å². The second kappa shape index (κ2) is 8.10. The summed E-state index contributed by atoms with van der Waals surface area (Å²) in [6, 6.07) is 7.49. The number of nitrogens with zero attached hydrogens (tertiary/aromatic N) is 5. The summed E-state index contributed by atoms with van der Waals surface area (Å²) in [5.74, 6) is -0.634. The van der Waals surface area contributed by atoms with Gasteiger partial charge in [-0.2, -0.15) is 23.1 Å². The first kappa shape index (κ1) is 21.0. The molecule has 0 saturated heterocycles. The second-order valence-electron chi connectivity index (χ2n) is 6.51. The molecule has 6 nitrogen and oxygen atoms in total. The molecule has 0 fully saturated rings. The molecule has 0 aliphatic heterocycles. The molecule has 0 spiro atoms. The van der Waals surface area contributed by atoms with Gasteiger partial charge in [-0.05, 0) is 48.4 Å². The van der Waals surface area contributed by atoms with Crippen LogP contribution >= 0.6 is 11.6 Å². The van der Waals surface area contributed by atoms with Crippen LogP contribution in [0.1, 0.15) is 18.2 Å². The minimum Gasteiger partial charge on any atom is -0.472 e. The summed E-state index contributed by atoms with van der Waals surface area (Å²) < 4.78 is 60.6. The summed E-state index contributed by atoms with van der Waals surface area (Å²) in [5.41, 5.74) is -0.317. The minimum absolute atomic E-state index is 0.0409. The largest absolute Gasteiger partial charge is 0.472 e. The molecule has 3 aromatic heterocycles. The van der Waals surface area contributed by atoms with Crippen LogP contribution in [0.3, 0.4) is 0 Å². The Morgan fingerprint density at radius 1 is 1.13 bits per heavy atom. The van der Waals surface area contributed by atoms with E-state index in [1.807, 2.05) is 0 Å². The van der Waals surface area contributed by atoms with E-state index in [1.165, 1.54) is 16.7 Å². The second-order valence-corrected chi connectivity index (χ2v) is 6.85. The third kappa shape index (κ3) is 4.29. The highest BCUT2D eigenvalue weighted by Gasteiger charge is 2.35. The lowest BCUT2D eigenvalue weighted by Crippen LogP contribution is -2.05. The minimum atomic E-state index is -4.62. The molecule has 0 radical (unpaired) electrons. The molecule has 3 heterocycles. The number of halogens is 5. The van der Waals surface area contributed by atoms with Gasteiger partial charge in [-0.1, -0.05) is 6.07 Å². The summed E-state index contributed by atoms with van der Waals surface area (Å²) in [6.45, 7) is 1.81. The molecule has 0 saturated carbocycles. The summed E-state index contributed by atoms with van der Waals surface area (Å²) >= 11 is 5.89. The number of alkyl halides is 3. The van der Waals surface area contributed by atoms with Gasteiger partial charge in [-0.25, -0.2) is 14.4 Å². The van der Waals surface area contributed by atoms with Crippen LogP contribution in [0.5, 0.6) is 5.88 Å². The van der Waals surface area contributed by atoms with Crippen LogP contribution in [0.25, 0.3) is 22.4 Å². The lowest BCUT2D eigenvalue weighted by atomic mass is 10.1. The molecular formula is C20H14ClF4N5O. The number of pyridine rings is 1. The third-order valence-electron chi connectivity index (χ3n) is 4.47. The van der Waals surface area contributed by atoms with E-state index in [4.69, 9.17) is 16.3 Å². The molecule has 0 aliphatic carbocycles. The number of fused-ring (bicyclic) bond motifs is 1. The predicted octanol–water partition coefficient (Wildman–Crippen LogP) is 5.30. The smallest absolute Gasteiger partial charge is 0.434 e. The first-order valence-corrected chi connectivity index (χ1v) is 9.48. The molecule has 160 valence electrons. The first-order chi connectivity index (χ1) is 14.8. The standard InChI is InChI=1S/C20H14ClF4N5O/c1-2-30-9-15(20(23,24)25)27-17(30)12-6-5-11(8-14(12)22)10-31-18-13-4-3-7-26-16(13)28-19(21)29-18/h3-9H,2,10H2,1H3. The Labute approximate surface area is 178 Å². The van der Waals surface area contributed by atoms with Crippen molar-refractivity contribution in [3.8, 4) is 17.3 Å². The van der Waals surface area contributed by atoms with Crippen molar-refractivity contribution in [1.29, 1.82) is 0 Å². The average Bonchev–Trinajstić information content (AvgIpc) is 3.16. The van der Waals surface area contributed by atoms with Gasteiger partial charge in [-0.15, -0.1) is 0 Å². The third-order valence-corrected chi connectivity index (χ3v) is 4.64. The van der Waals surface area contributed by atoms with Gasteiger partial charge in [0.05, 0.1) is 10.9 Å². The predicted molar refractivity (Wildman–Crippen MR) is 105 cm³/mol. The molecule has 0 unspecified atom stereocenters. The fraction of sp³-hybridized carbons (Fsp3) is 0.200. The molecule has 0 atom stereocenters. The zero-order valence-corrected chi connectivity index (χ0v) is 16.7. The molecule has 1 aromatic carbocycles. The van der Waals surface area contributed by atoms with Crippen LogP contribution < -0.4 is 4.74 Å². The van der Waals surface area contributed by atoms with Crippen LogP contribution in [-0.2, 0) is 19.3 Å². The van der Waals surface area contributed by atoms with Crippen molar-refractivity contribution in [1.82, 2.24) is 24.5 Å². The van der Waals surface area contributed by atoms with E-state index in [2.05, 4.69) is 19.9 Å². The van der Waals surface area contributed by atoms with Gasteiger partial charge in [0.25, 0.3) is 0 Å². The fourth-order valence-corrected chi connectivity index (χ4v) is 3.17. The molecule has 0 aliphatic rings. The number of benzene rings is 1. The number of hydrogen-bond acceptors (Lipinski definition) is 5. The average molecular weight is 452 g/mol. The van der Waals surface area contributed by atoms with Gasteiger partial charge >= 0.3 is 6.18 Å². The van der Waals surface area contributed by atoms with Crippen LogP contribution in [0.4, 0.5) is 17.6 Å². The summed E-state index contributed by atoms with van der Waals surface area (Å²) in [4.78, 5) is 15.7. The highest BCUT2D eigenvalue weighted by molar-refractivity contribution is 6.28. The molecule has 4 rings (SSSR count). The SMILES string of the molecule is CCn1cc(C(F)(F)F)nc1-c1ccc(COc2nc(Cl)nc3ncccc23)cc1F. The molecule has 31 heavy (non-hydrogen) atoms. The number of imidazole rings is 1. The van der Waals surface area contributed by atoms with Crippen LogP contribution in [-0.4, -0.2) is 24.5 Å². The highest BCUT2D eigenvalue weighted by Crippen LogP contribution is 2.32. The summed E-state index contributed by atoms with van der Waals surface area (Å²) in [6.07, 6.45) is -2.20. The lowest BCUT2D eigenvalue weighted by molar-refractivity contribution is -0.140. The summed E-state index contributed by atoms with van der Waals surface area (Å²) in [7, 11) is 0. The van der Waals surface area contributed by atoms with Crippen molar-refractivity contribution < 1.29 is 22.3 Å². The Morgan fingerprint density at radius 3 is 2.65 bits per heavy atom. The van der Waals surface area contributed by atoms with E-state index in [9.17, 15) is 17.6 Å². The van der Waals surface area contributed by atoms with Gasteiger partial charge in [0.1, 0.15) is 18.2 Å². The van der Waals surface area contributed by atoms with Crippen molar-refractivity contribution >= 4 is 22.6 Å². The van der Waals surface area contributed by atoms with Gasteiger partial charge in [0.2, 0.25) is 11.2 Å². The first-order valence-electron chi connectivity index (χ1n) is 9.10. The lowest BCUT2D eigenvalue weighted by Gasteiger charge is -2.10. The number of aromatic nitrogens is 5. The van der Waals surface area contributed by atoms with Gasteiger partial charge < -0.3 is 9.30 Å². The quantitative estimate of drug-likeness (QED) is 0.304. The number of hydrogen-bond donors (Lipinski definition) is 0. The van der Waals surface area contributed by atoms with E-state index in [0.29, 0.717) is 16.6 Å². The van der Waals surface area contributed by atoms with Crippen molar-refractivity contribution in [2.75, 3.05) is 0 Å². The maximum atomic E-state index is 14.8. The van der Waals surface area contributed by atoms with Gasteiger partial charge in [0.15, 0.2) is 11.3 Å². The molecular weight excluding hydrogens is 438 g/mol.